The summed E-state index contributed by atoms with van der Waals surface area (Å²) >= 11 is 1.58. The van der Waals surface area contributed by atoms with Gasteiger partial charge in [0.2, 0.25) is 0 Å². The Kier molecular flexibility index (Phi) is 5.23. The quantitative estimate of drug-likeness (QED) is 0.700. The molecule has 4 rings (SSSR count). The molecule has 1 aliphatic carbocycles. The monoisotopic (exact) mass is 400 g/mol. The smallest absolute Gasteiger partial charge is 0.325 e. The molecule has 2 aromatic rings. The van der Waals surface area contributed by atoms with Crippen LogP contribution in [0.1, 0.15) is 34.9 Å². The Labute approximate surface area is 168 Å². The van der Waals surface area contributed by atoms with Gasteiger partial charge in [0.25, 0.3) is 5.91 Å². The number of nitrogens with one attached hydrogen (secondary N) is 1. The minimum atomic E-state index is -1.10. The van der Waals surface area contributed by atoms with Gasteiger partial charge in [-0.3, -0.25) is 9.69 Å². The van der Waals surface area contributed by atoms with E-state index in [4.69, 9.17) is 4.74 Å². The van der Waals surface area contributed by atoms with E-state index in [-0.39, 0.29) is 19.1 Å². The van der Waals surface area contributed by atoms with Gasteiger partial charge < -0.3 is 15.2 Å². The number of aryl methyl sites for hydroxylation is 2. The van der Waals surface area contributed by atoms with Crippen molar-refractivity contribution >= 4 is 23.3 Å². The number of aliphatic hydroxyl groups is 1. The Hall–Kier alpha value is -2.22. The second-order valence-electron chi connectivity index (χ2n) is 7.56. The number of amides is 3. The number of carbonyl (C=O) groups excluding carboxylic acids is 2. The third kappa shape index (κ3) is 3.57. The van der Waals surface area contributed by atoms with Crippen LogP contribution in [0.2, 0.25) is 0 Å². The van der Waals surface area contributed by atoms with E-state index in [2.05, 4.69) is 11.4 Å². The van der Waals surface area contributed by atoms with Gasteiger partial charge in [-0.2, -0.15) is 0 Å². The predicted octanol–water partition coefficient (Wildman–Crippen LogP) is 2.58. The molecule has 0 bridgehead atoms. The third-order valence-electron chi connectivity index (χ3n) is 5.48. The predicted molar refractivity (Wildman–Crippen MR) is 106 cm³/mol. The summed E-state index contributed by atoms with van der Waals surface area (Å²) in [6.45, 7) is 2.10. The van der Waals surface area contributed by atoms with Crippen LogP contribution in [0.25, 0.3) is 0 Å². The van der Waals surface area contributed by atoms with E-state index in [1.165, 1.54) is 11.1 Å². The minimum Gasteiger partial charge on any atom is -0.389 e. The summed E-state index contributed by atoms with van der Waals surface area (Å²) in [5.41, 5.74) is 2.25. The molecule has 0 unspecified atom stereocenters. The molecule has 0 radical (unpaired) electrons. The second kappa shape index (κ2) is 7.66. The number of thiophene rings is 1. The summed E-state index contributed by atoms with van der Waals surface area (Å²) in [6.07, 6.45) is 2.26. The van der Waals surface area contributed by atoms with Crippen LogP contribution in [0.5, 0.6) is 0 Å². The number of hydrogen-bond donors (Lipinski definition) is 2. The average molecular weight is 401 g/mol. The number of urea groups is 1. The van der Waals surface area contributed by atoms with Crippen molar-refractivity contribution in [2.75, 3.05) is 13.2 Å². The Morgan fingerprint density at radius 1 is 1.29 bits per heavy atom. The van der Waals surface area contributed by atoms with Crippen LogP contribution in [0.4, 0.5) is 4.79 Å². The number of carbonyl (C=O) groups is 2. The number of fused-ring (bicyclic) bond motifs is 1. The molecule has 6 nitrogen and oxygen atoms in total. The molecular weight excluding hydrogens is 376 g/mol. The highest BCUT2D eigenvalue weighted by atomic mass is 32.1. The highest BCUT2D eigenvalue weighted by Gasteiger charge is 2.49. The molecule has 0 saturated carbocycles. The lowest BCUT2D eigenvalue weighted by Crippen LogP contribution is -2.42. The molecular formula is C21H24N2O4S. The molecule has 2 aliphatic rings. The molecule has 1 aromatic carbocycles. The van der Waals surface area contributed by atoms with Crippen molar-refractivity contribution in [3.05, 3.63) is 57.3 Å². The zero-order valence-electron chi connectivity index (χ0n) is 15.8. The summed E-state index contributed by atoms with van der Waals surface area (Å²) in [6, 6.07) is 9.42. The third-order valence-corrected chi connectivity index (χ3v) is 6.33. The van der Waals surface area contributed by atoms with Crippen molar-refractivity contribution in [1.29, 1.82) is 0 Å². The van der Waals surface area contributed by atoms with Gasteiger partial charge in [0.1, 0.15) is 5.54 Å². The van der Waals surface area contributed by atoms with Crippen molar-refractivity contribution in [2.24, 2.45) is 0 Å². The Morgan fingerprint density at radius 2 is 2.11 bits per heavy atom. The molecule has 7 heteroatoms. The van der Waals surface area contributed by atoms with E-state index in [0.717, 1.165) is 34.6 Å². The number of nitrogens with zero attached hydrogens (tertiary/aromatic N) is 1. The number of ether oxygens (including phenoxy) is 1. The Bertz CT molecular complexity index is 883. The maximum Gasteiger partial charge on any atom is 0.325 e. The number of β-amino-alcohol motifs (C(OH)–C–C–N with tert-alkyl or cyclic N) is 1. The van der Waals surface area contributed by atoms with Gasteiger partial charge in [-0.1, -0.05) is 24.3 Å². The summed E-state index contributed by atoms with van der Waals surface area (Å²) < 4.78 is 5.50. The number of benzene rings is 1. The molecule has 1 aromatic heterocycles. The lowest BCUT2D eigenvalue weighted by atomic mass is 9.89. The fourth-order valence-electron chi connectivity index (χ4n) is 3.89. The van der Waals surface area contributed by atoms with E-state index < -0.39 is 17.7 Å². The number of aliphatic hydroxyl groups excluding tert-OH is 1. The van der Waals surface area contributed by atoms with E-state index in [1.807, 2.05) is 29.6 Å². The summed E-state index contributed by atoms with van der Waals surface area (Å²) in [5.74, 6) is -0.340. The van der Waals surface area contributed by atoms with E-state index in [0.29, 0.717) is 6.61 Å². The normalized spacial score (nSPS) is 22.4. The highest BCUT2D eigenvalue weighted by Crippen LogP contribution is 2.32. The van der Waals surface area contributed by atoms with Gasteiger partial charge in [0, 0.05) is 4.88 Å². The van der Waals surface area contributed by atoms with Gasteiger partial charge in [-0.05, 0) is 54.3 Å². The van der Waals surface area contributed by atoms with Crippen LogP contribution < -0.4 is 5.32 Å². The maximum absolute atomic E-state index is 13.0. The highest BCUT2D eigenvalue weighted by molar-refractivity contribution is 7.09. The second-order valence-corrected chi connectivity index (χ2v) is 8.59. The number of rotatable bonds is 7. The largest absolute Gasteiger partial charge is 0.389 e. The van der Waals surface area contributed by atoms with Crippen molar-refractivity contribution in [1.82, 2.24) is 10.2 Å². The van der Waals surface area contributed by atoms with Crippen LogP contribution >= 0.6 is 11.3 Å². The number of imide groups is 1. The Morgan fingerprint density at radius 3 is 2.89 bits per heavy atom. The summed E-state index contributed by atoms with van der Waals surface area (Å²) in [5, 5.41) is 15.0. The first kappa shape index (κ1) is 19.1. The summed E-state index contributed by atoms with van der Waals surface area (Å²) in [7, 11) is 0. The van der Waals surface area contributed by atoms with Crippen LogP contribution in [0, 0.1) is 0 Å². The molecule has 148 valence electrons. The maximum atomic E-state index is 13.0. The van der Waals surface area contributed by atoms with Crippen LogP contribution in [-0.2, 0) is 34.5 Å². The fourth-order valence-corrected chi connectivity index (χ4v) is 4.54. The lowest BCUT2D eigenvalue weighted by molar-refractivity contribution is -0.132. The van der Waals surface area contributed by atoms with Gasteiger partial charge >= 0.3 is 6.03 Å². The van der Waals surface area contributed by atoms with Crippen molar-refractivity contribution in [3.8, 4) is 0 Å². The molecule has 1 fully saturated rings. The average Bonchev–Trinajstić information content (AvgIpc) is 3.39. The first-order valence-corrected chi connectivity index (χ1v) is 10.4. The SMILES string of the molecule is C[C@@]1(c2ccc3c(c2)CCC3)NC(=O)N(C[C@@H](O)COCc2cccs2)C1=O. The van der Waals surface area contributed by atoms with Gasteiger partial charge in [0.15, 0.2) is 0 Å². The lowest BCUT2D eigenvalue weighted by Gasteiger charge is -2.24. The van der Waals surface area contributed by atoms with Gasteiger partial charge in [-0.25, -0.2) is 4.79 Å². The van der Waals surface area contributed by atoms with Crippen molar-refractivity contribution in [3.63, 3.8) is 0 Å². The van der Waals surface area contributed by atoms with E-state index in [1.54, 1.807) is 18.3 Å². The molecule has 2 heterocycles. The zero-order chi connectivity index (χ0) is 19.7. The van der Waals surface area contributed by atoms with Crippen LogP contribution in [-0.4, -0.2) is 41.2 Å². The summed E-state index contributed by atoms with van der Waals surface area (Å²) in [4.78, 5) is 27.6. The molecule has 2 N–H and O–H groups in total. The minimum absolute atomic E-state index is 0.0600. The van der Waals surface area contributed by atoms with Crippen LogP contribution in [0.15, 0.2) is 35.7 Å². The van der Waals surface area contributed by atoms with E-state index >= 15 is 0 Å². The molecule has 1 aliphatic heterocycles. The fraction of sp³-hybridized carbons (Fsp3) is 0.429. The first-order chi connectivity index (χ1) is 13.5. The first-order valence-electron chi connectivity index (χ1n) is 9.52. The number of hydrogen-bond acceptors (Lipinski definition) is 5. The van der Waals surface area contributed by atoms with Crippen molar-refractivity contribution < 1.29 is 19.4 Å². The van der Waals surface area contributed by atoms with Gasteiger partial charge in [-0.15, -0.1) is 11.3 Å². The molecule has 1 saturated heterocycles. The molecule has 3 amide bonds. The van der Waals surface area contributed by atoms with Crippen LogP contribution in [0.3, 0.4) is 0 Å². The van der Waals surface area contributed by atoms with Gasteiger partial charge in [0.05, 0.1) is 25.9 Å². The standard InChI is InChI=1S/C21H24N2O4S/c1-21(16-8-7-14-4-2-5-15(14)10-16)19(25)23(20(26)22-21)11-17(24)12-27-13-18-6-3-9-28-18/h3,6-10,17,24H,2,4-5,11-13H2,1H3,(H,22,26)/t17-,21+/m1/s1. The molecule has 0 spiro atoms. The molecule has 28 heavy (non-hydrogen) atoms. The zero-order valence-corrected chi connectivity index (χ0v) is 16.6. The van der Waals surface area contributed by atoms with Crippen molar-refractivity contribution in [2.45, 2.75) is 44.4 Å². The van der Waals surface area contributed by atoms with E-state index in [9.17, 15) is 14.7 Å². The topological polar surface area (TPSA) is 78.9 Å². The Balaban J connectivity index is 1.40. The molecule has 2 atom stereocenters.